The first-order chi connectivity index (χ1) is 15.2. The van der Waals surface area contributed by atoms with Crippen LogP contribution in [0.4, 0.5) is 5.95 Å². The highest BCUT2D eigenvalue weighted by Gasteiger charge is 2.21. The van der Waals surface area contributed by atoms with Gasteiger partial charge in [-0.2, -0.15) is 0 Å². The van der Waals surface area contributed by atoms with E-state index in [1.165, 1.54) is 0 Å². The van der Waals surface area contributed by atoms with Crippen LogP contribution < -0.4 is 9.64 Å². The second-order valence-corrected chi connectivity index (χ2v) is 7.87. The number of benzene rings is 2. The predicted octanol–water partition coefficient (Wildman–Crippen LogP) is 4.53. The van der Waals surface area contributed by atoms with E-state index in [2.05, 4.69) is 56.2 Å². The number of anilines is 1. The molecule has 6 nitrogen and oxygen atoms in total. The van der Waals surface area contributed by atoms with Crippen molar-refractivity contribution in [2.24, 2.45) is 0 Å². The van der Waals surface area contributed by atoms with Crippen molar-refractivity contribution in [2.45, 2.75) is 13.5 Å². The minimum atomic E-state index is 0.806. The third kappa shape index (κ3) is 3.86. The van der Waals surface area contributed by atoms with Gasteiger partial charge in [0, 0.05) is 61.6 Å². The van der Waals surface area contributed by atoms with Crippen molar-refractivity contribution >= 4 is 16.9 Å². The molecule has 0 radical (unpaired) electrons. The largest absolute Gasteiger partial charge is 0.496 e. The summed E-state index contributed by atoms with van der Waals surface area (Å²) in [5.74, 6) is 2.64. The summed E-state index contributed by atoms with van der Waals surface area (Å²) >= 11 is 0. The van der Waals surface area contributed by atoms with Crippen LogP contribution >= 0.6 is 0 Å². The molecule has 1 saturated heterocycles. The second kappa shape index (κ2) is 8.40. The molecule has 0 unspecified atom stereocenters. The molecule has 1 aliphatic rings. The Labute approximate surface area is 182 Å². The summed E-state index contributed by atoms with van der Waals surface area (Å²) in [4.78, 5) is 13.4. The fourth-order valence-corrected chi connectivity index (χ4v) is 4.37. The lowest BCUT2D eigenvalue weighted by Crippen LogP contribution is -2.46. The number of ether oxygens (including phenoxy) is 1. The standard InChI is InChI=1S/C25H26N4O2/c1-18-24(19-7-4-3-5-8-19)21-16-22(30-2)20(15-23(21)31-18)17-28-11-13-29(14-12-28)25-26-9-6-10-27-25/h3-10,15-16H,11-14,17H2,1-2H3. The van der Waals surface area contributed by atoms with Crippen LogP contribution in [-0.4, -0.2) is 48.2 Å². The van der Waals surface area contributed by atoms with Gasteiger partial charge in [-0.3, -0.25) is 4.90 Å². The summed E-state index contributed by atoms with van der Waals surface area (Å²) in [6, 6.07) is 16.5. The van der Waals surface area contributed by atoms with Crippen LogP contribution in [0.1, 0.15) is 11.3 Å². The summed E-state index contributed by atoms with van der Waals surface area (Å²) in [6.45, 7) is 6.57. The minimum Gasteiger partial charge on any atom is -0.496 e. The summed E-state index contributed by atoms with van der Waals surface area (Å²) in [6.07, 6.45) is 3.59. The molecule has 0 saturated carbocycles. The van der Waals surface area contributed by atoms with E-state index in [1.807, 2.05) is 19.1 Å². The zero-order valence-electron chi connectivity index (χ0n) is 17.9. The maximum absolute atomic E-state index is 6.16. The van der Waals surface area contributed by atoms with Crippen LogP contribution in [0.2, 0.25) is 0 Å². The lowest BCUT2D eigenvalue weighted by Gasteiger charge is -2.34. The molecule has 6 heteroatoms. The normalized spacial score (nSPS) is 14.8. The van der Waals surface area contributed by atoms with Crippen LogP contribution in [-0.2, 0) is 6.54 Å². The Kier molecular flexibility index (Phi) is 5.30. The van der Waals surface area contributed by atoms with Gasteiger partial charge in [-0.1, -0.05) is 30.3 Å². The monoisotopic (exact) mass is 414 g/mol. The molecule has 0 spiro atoms. The first kappa shape index (κ1) is 19.6. The number of methoxy groups -OCH3 is 1. The quantitative estimate of drug-likeness (QED) is 0.478. The number of fused-ring (bicyclic) bond motifs is 1. The van der Waals surface area contributed by atoms with Gasteiger partial charge in [0.15, 0.2) is 0 Å². The second-order valence-electron chi connectivity index (χ2n) is 7.87. The molecule has 4 aromatic rings. The van der Waals surface area contributed by atoms with Gasteiger partial charge in [0.2, 0.25) is 5.95 Å². The van der Waals surface area contributed by atoms with Gasteiger partial charge in [-0.15, -0.1) is 0 Å². The van der Waals surface area contributed by atoms with Crippen LogP contribution in [0.15, 0.2) is 65.3 Å². The van der Waals surface area contributed by atoms with Gasteiger partial charge in [-0.25, -0.2) is 9.97 Å². The number of furan rings is 1. The summed E-state index contributed by atoms with van der Waals surface area (Å²) in [5, 5.41) is 1.09. The number of piperazine rings is 1. The average Bonchev–Trinajstić information content (AvgIpc) is 3.14. The van der Waals surface area contributed by atoms with E-state index >= 15 is 0 Å². The molecule has 0 amide bonds. The van der Waals surface area contributed by atoms with Crippen LogP contribution in [0.5, 0.6) is 5.75 Å². The Hall–Kier alpha value is -3.38. The molecule has 2 aromatic carbocycles. The first-order valence-electron chi connectivity index (χ1n) is 10.6. The summed E-state index contributed by atoms with van der Waals surface area (Å²) < 4.78 is 11.9. The Morgan fingerprint density at radius 1 is 0.968 bits per heavy atom. The topological polar surface area (TPSA) is 54.6 Å². The SMILES string of the molecule is COc1cc2c(-c3ccccc3)c(C)oc2cc1CN1CCN(c2ncccn2)CC1. The Balaban J connectivity index is 1.38. The molecule has 0 N–H and O–H groups in total. The Morgan fingerprint density at radius 2 is 1.71 bits per heavy atom. The van der Waals surface area contributed by atoms with Crippen molar-refractivity contribution < 1.29 is 9.15 Å². The van der Waals surface area contributed by atoms with Gasteiger partial charge >= 0.3 is 0 Å². The van der Waals surface area contributed by atoms with Gasteiger partial charge in [0.1, 0.15) is 17.1 Å². The highest BCUT2D eigenvalue weighted by molar-refractivity contribution is 5.97. The Morgan fingerprint density at radius 3 is 2.42 bits per heavy atom. The number of rotatable bonds is 5. The number of nitrogens with zero attached hydrogens (tertiary/aromatic N) is 4. The number of hydrogen-bond donors (Lipinski definition) is 0. The van der Waals surface area contributed by atoms with Gasteiger partial charge < -0.3 is 14.1 Å². The van der Waals surface area contributed by atoms with E-state index in [0.29, 0.717) is 0 Å². The van der Waals surface area contributed by atoms with Gasteiger partial charge in [-0.05, 0) is 30.7 Å². The zero-order chi connectivity index (χ0) is 21.2. The molecule has 0 bridgehead atoms. The maximum atomic E-state index is 6.16. The molecule has 1 fully saturated rings. The van der Waals surface area contributed by atoms with Crippen molar-refractivity contribution in [3.05, 3.63) is 72.2 Å². The van der Waals surface area contributed by atoms with Crippen LogP contribution in [0.25, 0.3) is 22.1 Å². The number of aryl methyl sites for hydroxylation is 1. The highest BCUT2D eigenvalue weighted by Crippen LogP contribution is 2.38. The van der Waals surface area contributed by atoms with Crippen LogP contribution in [0.3, 0.4) is 0 Å². The molecule has 5 rings (SSSR count). The number of aromatic nitrogens is 2. The average molecular weight is 415 g/mol. The molecule has 1 aliphatic heterocycles. The van der Waals surface area contributed by atoms with E-state index in [9.17, 15) is 0 Å². The predicted molar refractivity (Wildman–Crippen MR) is 122 cm³/mol. The smallest absolute Gasteiger partial charge is 0.225 e. The van der Waals surface area contributed by atoms with E-state index in [0.717, 1.165) is 77.8 Å². The highest BCUT2D eigenvalue weighted by atomic mass is 16.5. The molecule has 158 valence electrons. The lowest BCUT2D eigenvalue weighted by molar-refractivity contribution is 0.245. The third-order valence-corrected chi connectivity index (χ3v) is 5.93. The molecule has 0 atom stereocenters. The van der Waals surface area contributed by atoms with Gasteiger partial charge in [0.05, 0.1) is 7.11 Å². The maximum Gasteiger partial charge on any atom is 0.225 e. The summed E-state index contributed by atoms with van der Waals surface area (Å²) in [5.41, 5.74) is 4.35. The molecule has 2 aromatic heterocycles. The van der Waals surface area contributed by atoms with E-state index in [1.54, 1.807) is 19.5 Å². The molecule has 3 heterocycles. The first-order valence-corrected chi connectivity index (χ1v) is 10.6. The molecule has 0 aliphatic carbocycles. The molecule has 31 heavy (non-hydrogen) atoms. The van der Waals surface area contributed by atoms with E-state index in [-0.39, 0.29) is 0 Å². The van der Waals surface area contributed by atoms with E-state index in [4.69, 9.17) is 9.15 Å². The fraction of sp³-hybridized carbons (Fsp3) is 0.280. The lowest BCUT2D eigenvalue weighted by atomic mass is 10.0. The van der Waals surface area contributed by atoms with E-state index < -0.39 is 0 Å². The Bertz CT molecular complexity index is 1170. The van der Waals surface area contributed by atoms with Crippen molar-refractivity contribution in [1.29, 1.82) is 0 Å². The van der Waals surface area contributed by atoms with Crippen LogP contribution in [0, 0.1) is 6.92 Å². The molecular weight excluding hydrogens is 388 g/mol. The van der Waals surface area contributed by atoms with Crippen molar-refractivity contribution in [3.8, 4) is 16.9 Å². The van der Waals surface area contributed by atoms with Crippen molar-refractivity contribution in [3.63, 3.8) is 0 Å². The van der Waals surface area contributed by atoms with Crippen molar-refractivity contribution in [1.82, 2.24) is 14.9 Å². The zero-order valence-corrected chi connectivity index (χ0v) is 17.9. The molecular formula is C25H26N4O2. The third-order valence-electron chi connectivity index (χ3n) is 5.93. The fourth-order valence-electron chi connectivity index (χ4n) is 4.37. The van der Waals surface area contributed by atoms with Gasteiger partial charge in [0.25, 0.3) is 0 Å². The van der Waals surface area contributed by atoms with Crippen molar-refractivity contribution in [2.75, 3.05) is 38.2 Å². The number of hydrogen-bond acceptors (Lipinski definition) is 6. The minimum absolute atomic E-state index is 0.806. The summed E-state index contributed by atoms with van der Waals surface area (Å²) in [7, 11) is 1.74.